The number of urea groups is 1. The number of aliphatic carboxylic acids is 1. The van der Waals surface area contributed by atoms with Crippen molar-refractivity contribution >= 4 is 35.0 Å². The molecule has 3 aromatic rings. The van der Waals surface area contributed by atoms with E-state index >= 15 is 0 Å². The van der Waals surface area contributed by atoms with Gasteiger partial charge < -0.3 is 30.5 Å². The Morgan fingerprint density at radius 3 is 2.13 bits per heavy atom. The third kappa shape index (κ3) is 11.2. The Balaban J connectivity index is 0.00000260. The highest BCUT2D eigenvalue weighted by Gasteiger charge is 2.10. The van der Waals surface area contributed by atoms with Crippen molar-refractivity contribution in [2.75, 3.05) is 29.2 Å². The maximum atomic E-state index is 12.7. The van der Waals surface area contributed by atoms with Gasteiger partial charge >= 0.3 is 12.0 Å². The predicted molar refractivity (Wildman–Crippen MR) is 154 cm³/mol. The van der Waals surface area contributed by atoms with Crippen molar-refractivity contribution in [1.29, 1.82) is 0 Å². The third-order valence-corrected chi connectivity index (χ3v) is 5.25. The number of hydrogen-bond acceptors (Lipinski definition) is 5. The Bertz CT molecular complexity index is 1230. The molecule has 0 saturated heterocycles. The number of nitrogens with one attached hydrogen (secondary N) is 3. The quantitative estimate of drug-likeness (QED) is 0.196. The highest BCUT2D eigenvalue weighted by molar-refractivity contribution is 6.00. The lowest BCUT2D eigenvalue weighted by Crippen LogP contribution is -2.20. The molecule has 0 fully saturated rings. The Labute approximate surface area is 229 Å². The lowest BCUT2D eigenvalue weighted by molar-refractivity contribution is -0.137. The van der Waals surface area contributed by atoms with Crippen molar-refractivity contribution < 1.29 is 29.0 Å². The maximum absolute atomic E-state index is 12.7. The van der Waals surface area contributed by atoms with E-state index in [-0.39, 0.29) is 31.4 Å². The monoisotopic (exact) mass is 535 g/mol. The molecule has 4 N–H and O–H groups in total. The zero-order valence-corrected chi connectivity index (χ0v) is 22.9. The van der Waals surface area contributed by atoms with Crippen LogP contribution in [-0.4, -0.2) is 36.2 Å². The molecule has 0 aliphatic rings. The summed E-state index contributed by atoms with van der Waals surface area (Å²) in [5.41, 5.74) is 3.58. The van der Waals surface area contributed by atoms with Crippen LogP contribution in [0.4, 0.5) is 21.9 Å². The van der Waals surface area contributed by atoms with Gasteiger partial charge in [0, 0.05) is 41.7 Å². The van der Waals surface area contributed by atoms with Crippen molar-refractivity contribution in [3.8, 4) is 11.5 Å². The standard InChI is InChI=1S/C28H31N3O6.C2H6/c1-3-36-23-16-22(17-24(18-23)37-14-6-9-27(33)34)29-26(32)15-20-10-12-21(13-11-20)30-28(35)31-25-8-5-4-7-19(25)2;1-2/h4-5,7-8,10-13,16-18H,3,6,9,14-15H2,1-2H3,(H,29,32)(H,33,34)(H2,30,31,35);1-2H3. The second kappa shape index (κ2) is 16.3. The summed E-state index contributed by atoms with van der Waals surface area (Å²) in [4.78, 5) is 35.6. The molecule has 0 aliphatic carbocycles. The van der Waals surface area contributed by atoms with Gasteiger partial charge in [-0.25, -0.2) is 4.79 Å². The number of aryl methyl sites for hydroxylation is 1. The minimum atomic E-state index is -0.881. The van der Waals surface area contributed by atoms with Crippen molar-refractivity contribution in [3.05, 3.63) is 77.9 Å². The highest BCUT2D eigenvalue weighted by atomic mass is 16.5. The van der Waals surface area contributed by atoms with Gasteiger partial charge in [0.05, 0.1) is 19.6 Å². The third-order valence-electron chi connectivity index (χ3n) is 5.25. The lowest BCUT2D eigenvalue weighted by atomic mass is 10.1. The molecule has 0 unspecified atom stereocenters. The SMILES string of the molecule is CC.CCOc1cc(NC(=O)Cc2ccc(NC(=O)Nc3ccccc3C)cc2)cc(OCCCC(=O)O)c1. The number of benzene rings is 3. The molecular formula is C30H37N3O6. The zero-order chi connectivity index (χ0) is 28.6. The summed E-state index contributed by atoms with van der Waals surface area (Å²) in [6.07, 6.45) is 0.512. The normalized spacial score (nSPS) is 9.95. The zero-order valence-electron chi connectivity index (χ0n) is 22.9. The van der Waals surface area contributed by atoms with Crippen LogP contribution in [0.3, 0.4) is 0 Å². The number of anilines is 3. The Kier molecular flexibility index (Phi) is 12.9. The van der Waals surface area contributed by atoms with Gasteiger partial charge in [0.1, 0.15) is 11.5 Å². The molecule has 9 heteroatoms. The average Bonchev–Trinajstić information content (AvgIpc) is 2.90. The number of carbonyl (C=O) groups excluding carboxylic acids is 2. The number of carboxylic acids is 1. The summed E-state index contributed by atoms with van der Waals surface area (Å²) in [6, 6.07) is 19.2. The van der Waals surface area contributed by atoms with E-state index in [9.17, 15) is 14.4 Å². The fourth-order valence-electron chi connectivity index (χ4n) is 3.48. The summed E-state index contributed by atoms with van der Waals surface area (Å²) in [7, 11) is 0. The van der Waals surface area contributed by atoms with E-state index in [1.54, 1.807) is 42.5 Å². The van der Waals surface area contributed by atoms with Crippen molar-refractivity contribution in [2.24, 2.45) is 0 Å². The molecule has 0 aromatic heterocycles. The summed E-state index contributed by atoms with van der Waals surface area (Å²) in [5, 5.41) is 17.2. The summed E-state index contributed by atoms with van der Waals surface area (Å²) >= 11 is 0. The second-order valence-electron chi connectivity index (χ2n) is 8.29. The van der Waals surface area contributed by atoms with Gasteiger partial charge in [0.2, 0.25) is 5.91 Å². The molecular weight excluding hydrogens is 498 g/mol. The smallest absolute Gasteiger partial charge is 0.323 e. The van der Waals surface area contributed by atoms with Gasteiger partial charge in [0.25, 0.3) is 0 Å². The van der Waals surface area contributed by atoms with Crippen LogP contribution in [0.5, 0.6) is 11.5 Å². The number of carboxylic acid groups (broad SMARTS) is 1. The molecule has 0 atom stereocenters. The first-order valence-electron chi connectivity index (χ1n) is 13.0. The number of amides is 3. The van der Waals surface area contributed by atoms with Crippen LogP contribution in [0.15, 0.2) is 66.7 Å². The Morgan fingerprint density at radius 1 is 0.821 bits per heavy atom. The van der Waals surface area contributed by atoms with Crippen LogP contribution < -0.4 is 25.4 Å². The van der Waals surface area contributed by atoms with Gasteiger partial charge in [-0.15, -0.1) is 0 Å². The van der Waals surface area contributed by atoms with Gasteiger partial charge in [-0.05, 0) is 49.6 Å². The minimum Gasteiger partial charge on any atom is -0.494 e. The number of rotatable bonds is 12. The topological polar surface area (TPSA) is 126 Å². The molecule has 39 heavy (non-hydrogen) atoms. The molecule has 208 valence electrons. The van der Waals surface area contributed by atoms with Crippen LogP contribution in [0.1, 0.15) is 44.7 Å². The highest BCUT2D eigenvalue weighted by Crippen LogP contribution is 2.27. The molecule has 3 amide bonds. The molecule has 0 heterocycles. The molecule has 3 rings (SSSR count). The first-order chi connectivity index (χ1) is 18.8. The number of hydrogen-bond donors (Lipinski definition) is 4. The second-order valence-corrected chi connectivity index (χ2v) is 8.29. The van der Waals surface area contributed by atoms with E-state index in [2.05, 4.69) is 16.0 Å². The van der Waals surface area contributed by atoms with Crippen LogP contribution in [0.2, 0.25) is 0 Å². The molecule has 9 nitrogen and oxygen atoms in total. The Hall–Kier alpha value is -4.53. The van der Waals surface area contributed by atoms with E-state index in [4.69, 9.17) is 14.6 Å². The molecule has 0 radical (unpaired) electrons. The minimum absolute atomic E-state index is 0.0143. The van der Waals surface area contributed by atoms with E-state index in [1.165, 1.54) is 0 Å². The molecule has 0 saturated carbocycles. The van der Waals surface area contributed by atoms with E-state index < -0.39 is 5.97 Å². The van der Waals surface area contributed by atoms with Crippen LogP contribution in [0, 0.1) is 6.92 Å². The fourth-order valence-corrected chi connectivity index (χ4v) is 3.48. The summed E-state index contributed by atoms with van der Waals surface area (Å²) in [5.74, 6) is -0.101. The number of ether oxygens (including phenoxy) is 2. The summed E-state index contributed by atoms with van der Waals surface area (Å²) < 4.78 is 11.2. The predicted octanol–water partition coefficient (Wildman–Crippen LogP) is 6.49. The first kappa shape index (κ1) is 30.7. The number of para-hydroxylation sites is 1. The van der Waals surface area contributed by atoms with Gasteiger partial charge in [-0.3, -0.25) is 9.59 Å². The van der Waals surface area contributed by atoms with E-state index in [1.807, 2.05) is 52.0 Å². The van der Waals surface area contributed by atoms with Crippen LogP contribution in [-0.2, 0) is 16.0 Å². The van der Waals surface area contributed by atoms with E-state index in [0.717, 1.165) is 16.8 Å². The van der Waals surface area contributed by atoms with Gasteiger partial charge in [-0.2, -0.15) is 0 Å². The largest absolute Gasteiger partial charge is 0.494 e. The molecule has 3 aromatic carbocycles. The lowest BCUT2D eigenvalue weighted by Gasteiger charge is -2.13. The van der Waals surface area contributed by atoms with E-state index in [0.29, 0.717) is 35.9 Å². The van der Waals surface area contributed by atoms with Crippen molar-refractivity contribution in [1.82, 2.24) is 0 Å². The molecule has 0 bridgehead atoms. The van der Waals surface area contributed by atoms with Gasteiger partial charge in [-0.1, -0.05) is 44.2 Å². The maximum Gasteiger partial charge on any atom is 0.323 e. The average molecular weight is 536 g/mol. The molecule has 0 aliphatic heterocycles. The van der Waals surface area contributed by atoms with Crippen molar-refractivity contribution in [2.45, 2.75) is 47.0 Å². The summed E-state index contributed by atoms with van der Waals surface area (Å²) in [6.45, 7) is 8.44. The Morgan fingerprint density at radius 2 is 1.49 bits per heavy atom. The van der Waals surface area contributed by atoms with Crippen LogP contribution in [0.25, 0.3) is 0 Å². The number of carbonyl (C=O) groups is 3. The van der Waals surface area contributed by atoms with Gasteiger partial charge in [0.15, 0.2) is 0 Å². The fraction of sp³-hybridized carbons (Fsp3) is 0.300. The first-order valence-corrected chi connectivity index (χ1v) is 13.0. The van der Waals surface area contributed by atoms with Crippen LogP contribution >= 0.6 is 0 Å². The molecule has 0 spiro atoms. The van der Waals surface area contributed by atoms with Crippen molar-refractivity contribution in [3.63, 3.8) is 0 Å².